The normalized spacial score (nSPS) is 20.9. The van der Waals surface area contributed by atoms with Crippen molar-refractivity contribution in [1.82, 2.24) is 20.0 Å². The molecule has 1 N–H and O–H groups in total. The topological polar surface area (TPSA) is 33.1 Å². The lowest BCUT2D eigenvalue weighted by Gasteiger charge is -2.32. The van der Waals surface area contributed by atoms with Crippen LogP contribution in [-0.4, -0.2) is 40.4 Å². The molecule has 2 fully saturated rings. The maximum atomic E-state index is 4.28. The van der Waals surface area contributed by atoms with E-state index in [2.05, 4.69) is 31.2 Å². The molecule has 2 heterocycles. The maximum Gasteiger partial charge on any atom is 0.0663 e. The summed E-state index contributed by atoms with van der Waals surface area (Å²) in [7, 11) is 2.02. The van der Waals surface area contributed by atoms with Crippen molar-refractivity contribution >= 4 is 28.3 Å². The molecule has 0 unspecified atom stereocenters. The highest BCUT2D eigenvalue weighted by molar-refractivity contribution is 9.10. The Morgan fingerprint density at radius 1 is 1.30 bits per heavy atom. The van der Waals surface area contributed by atoms with Gasteiger partial charge in [0.1, 0.15) is 0 Å². The van der Waals surface area contributed by atoms with E-state index in [0.717, 1.165) is 23.0 Å². The molecule has 4 nitrogen and oxygen atoms in total. The minimum absolute atomic E-state index is 0. The molecule has 1 aliphatic heterocycles. The Labute approximate surface area is 135 Å². The van der Waals surface area contributed by atoms with Crippen LogP contribution in [0.25, 0.3) is 0 Å². The van der Waals surface area contributed by atoms with Crippen LogP contribution in [0, 0.1) is 5.92 Å². The zero-order chi connectivity index (χ0) is 13.2. The number of nitrogens with zero attached hydrogens (tertiary/aromatic N) is 3. The summed E-state index contributed by atoms with van der Waals surface area (Å²) < 4.78 is 3.10. The van der Waals surface area contributed by atoms with Gasteiger partial charge in [0.15, 0.2) is 0 Å². The number of aryl methyl sites for hydroxylation is 1. The van der Waals surface area contributed by atoms with E-state index in [1.54, 1.807) is 0 Å². The average molecular weight is 364 g/mol. The van der Waals surface area contributed by atoms with Crippen LogP contribution in [0.2, 0.25) is 0 Å². The van der Waals surface area contributed by atoms with Gasteiger partial charge in [0.25, 0.3) is 0 Å². The number of hydrogen-bond donors (Lipinski definition) is 1. The van der Waals surface area contributed by atoms with Crippen LogP contribution in [0.3, 0.4) is 0 Å². The maximum absolute atomic E-state index is 4.28. The van der Waals surface area contributed by atoms with E-state index in [1.807, 2.05) is 17.9 Å². The Morgan fingerprint density at radius 3 is 2.55 bits per heavy atom. The van der Waals surface area contributed by atoms with E-state index < -0.39 is 0 Å². The zero-order valence-corrected chi connectivity index (χ0v) is 14.4. The smallest absolute Gasteiger partial charge is 0.0663 e. The van der Waals surface area contributed by atoms with Crippen LogP contribution < -0.4 is 5.32 Å². The number of hydrogen-bond acceptors (Lipinski definition) is 3. The van der Waals surface area contributed by atoms with Crippen molar-refractivity contribution in [1.29, 1.82) is 0 Å². The summed E-state index contributed by atoms with van der Waals surface area (Å²) >= 11 is 3.58. The van der Waals surface area contributed by atoms with Crippen molar-refractivity contribution in [3.05, 3.63) is 16.4 Å². The summed E-state index contributed by atoms with van der Waals surface area (Å²) in [4.78, 5) is 2.54. The van der Waals surface area contributed by atoms with Crippen LogP contribution in [0.5, 0.6) is 0 Å². The first kappa shape index (κ1) is 16.3. The molecule has 20 heavy (non-hydrogen) atoms. The van der Waals surface area contributed by atoms with Crippen LogP contribution in [0.15, 0.2) is 10.7 Å². The van der Waals surface area contributed by atoms with Gasteiger partial charge in [0.2, 0.25) is 0 Å². The van der Waals surface area contributed by atoms with Gasteiger partial charge in [-0.1, -0.05) is 0 Å². The zero-order valence-electron chi connectivity index (χ0n) is 12.0. The second-order valence-corrected chi connectivity index (χ2v) is 6.82. The van der Waals surface area contributed by atoms with Gasteiger partial charge in [0, 0.05) is 32.7 Å². The highest BCUT2D eigenvalue weighted by Gasteiger charge is 2.24. The minimum Gasteiger partial charge on any atom is -0.314 e. The second-order valence-electron chi connectivity index (χ2n) is 5.96. The quantitative estimate of drug-likeness (QED) is 0.873. The molecule has 6 heteroatoms. The predicted octanol–water partition coefficient (Wildman–Crippen LogP) is 2.57. The van der Waals surface area contributed by atoms with Crippen LogP contribution >= 0.6 is 28.3 Å². The largest absolute Gasteiger partial charge is 0.314 e. The Balaban J connectivity index is 0.00000147. The molecule has 2 aliphatic rings. The van der Waals surface area contributed by atoms with Gasteiger partial charge in [-0.25, -0.2) is 0 Å². The number of nitrogens with one attached hydrogen (secondary N) is 1. The highest BCUT2D eigenvalue weighted by Crippen LogP contribution is 2.28. The summed E-state index contributed by atoms with van der Waals surface area (Å²) in [5.41, 5.74) is 1.28. The van der Waals surface area contributed by atoms with Crippen molar-refractivity contribution in [2.45, 2.75) is 38.3 Å². The van der Waals surface area contributed by atoms with Crippen molar-refractivity contribution in [2.75, 3.05) is 19.6 Å². The minimum atomic E-state index is 0. The molecule has 114 valence electrons. The lowest BCUT2D eigenvalue weighted by molar-refractivity contribution is 0.186. The molecule has 0 radical (unpaired) electrons. The molecular formula is C14H24BrClN4. The third-order valence-corrected chi connectivity index (χ3v) is 5.03. The summed E-state index contributed by atoms with van der Waals surface area (Å²) in [5, 5.41) is 8.02. The Hall–Kier alpha value is -0.100. The van der Waals surface area contributed by atoms with Gasteiger partial charge in [0.05, 0.1) is 16.4 Å². The third kappa shape index (κ3) is 4.20. The van der Waals surface area contributed by atoms with Gasteiger partial charge in [-0.15, -0.1) is 12.4 Å². The van der Waals surface area contributed by atoms with Gasteiger partial charge < -0.3 is 5.32 Å². The lowest BCUT2D eigenvalue weighted by Crippen LogP contribution is -2.42. The lowest BCUT2D eigenvalue weighted by atomic mass is 10.0. The van der Waals surface area contributed by atoms with Crippen LogP contribution in [0.4, 0.5) is 0 Å². The summed E-state index contributed by atoms with van der Waals surface area (Å²) in [6.07, 6.45) is 7.34. The first-order valence-corrected chi connectivity index (χ1v) is 8.14. The first-order chi connectivity index (χ1) is 9.22. The van der Waals surface area contributed by atoms with E-state index in [-0.39, 0.29) is 12.4 Å². The van der Waals surface area contributed by atoms with Crippen LogP contribution in [-0.2, 0) is 13.6 Å². The van der Waals surface area contributed by atoms with Crippen molar-refractivity contribution < 1.29 is 0 Å². The number of aromatic nitrogens is 2. The number of halogens is 2. The SMILES string of the molecule is Cl.Cn1ncc(Br)c1CN1CCC(NCC2CC2)CC1. The van der Waals surface area contributed by atoms with Gasteiger partial charge in [-0.05, 0) is 54.1 Å². The molecule has 3 rings (SSSR count). The van der Waals surface area contributed by atoms with Crippen LogP contribution in [0.1, 0.15) is 31.4 Å². The summed E-state index contributed by atoms with van der Waals surface area (Å²) in [5.74, 6) is 0.989. The molecule has 0 atom stereocenters. The second kappa shape index (κ2) is 7.25. The highest BCUT2D eigenvalue weighted by atomic mass is 79.9. The van der Waals surface area contributed by atoms with E-state index in [4.69, 9.17) is 0 Å². The molecule has 0 aromatic carbocycles. The summed E-state index contributed by atoms with van der Waals surface area (Å²) in [6, 6.07) is 0.742. The number of rotatable bonds is 5. The van der Waals surface area contributed by atoms with Crippen molar-refractivity contribution in [2.24, 2.45) is 13.0 Å². The molecular weight excluding hydrogens is 340 g/mol. The Kier molecular flexibility index (Phi) is 5.90. The fraction of sp³-hybridized carbons (Fsp3) is 0.786. The standard InChI is InChI=1S/C14H23BrN4.ClH/c1-18-14(13(15)9-17-18)10-19-6-4-12(5-7-19)16-8-11-2-3-11;/h9,11-12,16H,2-8,10H2,1H3;1H. The van der Waals surface area contributed by atoms with E-state index in [0.29, 0.717) is 0 Å². The first-order valence-electron chi connectivity index (χ1n) is 7.34. The molecule has 1 saturated heterocycles. The van der Waals surface area contributed by atoms with E-state index >= 15 is 0 Å². The number of piperidine rings is 1. The van der Waals surface area contributed by atoms with Gasteiger partial charge in [-0.2, -0.15) is 5.10 Å². The summed E-state index contributed by atoms with van der Waals surface area (Å²) in [6.45, 7) is 4.64. The molecule has 0 bridgehead atoms. The fourth-order valence-corrected chi connectivity index (χ4v) is 3.25. The monoisotopic (exact) mass is 362 g/mol. The Morgan fingerprint density at radius 2 is 2.00 bits per heavy atom. The third-order valence-electron chi connectivity index (χ3n) is 4.36. The predicted molar refractivity (Wildman–Crippen MR) is 87.2 cm³/mol. The molecule has 0 amide bonds. The molecule has 0 spiro atoms. The molecule has 1 aromatic heterocycles. The molecule has 1 aliphatic carbocycles. The van der Waals surface area contributed by atoms with E-state index in [1.165, 1.54) is 51.0 Å². The van der Waals surface area contributed by atoms with Gasteiger partial charge >= 0.3 is 0 Å². The van der Waals surface area contributed by atoms with E-state index in [9.17, 15) is 0 Å². The fourth-order valence-electron chi connectivity index (χ4n) is 2.78. The molecule has 1 saturated carbocycles. The average Bonchev–Trinajstić information content (AvgIpc) is 3.20. The Bertz CT molecular complexity index is 405. The number of likely N-dealkylation sites (tertiary alicyclic amines) is 1. The van der Waals surface area contributed by atoms with Gasteiger partial charge in [-0.3, -0.25) is 9.58 Å². The van der Waals surface area contributed by atoms with Crippen molar-refractivity contribution in [3.8, 4) is 0 Å². The van der Waals surface area contributed by atoms with Crippen molar-refractivity contribution in [3.63, 3.8) is 0 Å². The molecule has 1 aromatic rings.